The summed E-state index contributed by atoms with van der Waals surface area (Å²) in [7, 11) is 0. The first-order valence-electron chi connectivity index (χ1n) is 15.8. The van der Waals surface area contributed by atoms with Gasteiger partial charge in [-0.1, -0.05) is 70.4 Å². The Balaban J connectivity index is 1.53. The molecule has 8 nitrogen and oxygen atoms in total. The van der Waals surface area contributed by atoms with E-state index < -0.39 is 4.92 Å². The summed E-state index contributed by atoms with van der Waals surface area (Å²) in [5.41, 5.74) is 2.26. The summed E-state index contributed by atoms with van der Waals surface area (Å²) in [6.07, 6.45) is 21.3. The molecule has 0 unspecified atom stereocenters. The van der Waals surface area contributed by atoms with Gasteiger partial charge in [0.05, 0.1) is 22.8 Å². The zero-order valence-corrected chi connectivity index (χ0v) is 25.7. The van der Waals surface area contributed by atoms with Crippen LogP contribution in [0.3, 0.4) is 0 Å². The lowest BCUT2D eigenvalue weighted by atomic mass is 10.1. The smallest absolute Gasteiger partial charge is 0.305 e. The van der Waals surface area contributed by atoms with Gasteiger partial charge < -0.3 is 9.64 Å². The van der Waals surface area contributed by atoms with Crippen LogP contribution in [0.2, 0.25) is 0 Å². The molecule has 0 aliphatic carbocycles. The second-order valence-electron chi connectivity index (χ2n) is 10.6. The minimum atomic E-state index is -0.445. The van der Waals surface area contributed by atoms with Crippen molar-refractivity contribution < 1.29 is 14.5 Å². The first-order chi connectivity index (χ1) is 20.5. The van der Waals surface area contributed by atoms with Crippen molar-refractivity contribution in [3.8, 4) is 0 Å². The van der Waals surface area contributed by atoms with E-state index in [1.807, 2.05) is 24.3 Å². The number of hydrogen-bond donors (Lipinski definition) is 0. The van der Waals surface area contributed by atoms with E-state index in [4.69, 9.17) is 4.74 Å². The van der Waals surface area contributed by atoms with E-state index in [1.54, 1.807) is 12.1 Å². The number of nitro groups is 1. The van der Waals surface area contributed by atoms with Gasteiger partial charge in [0, 0.05) is 30.8 Å². The van der Waals surface area contributed by atoms with Crippen molar-refractivity contribution in [2.24, 2.45) is 10.2 Å². The zero-order chi connectivity index (χ0) is 30.3. The lowest BCUT2D eigenvalue weighted by Crippen LogP contribution is -2.27. The third-order valence-electron chi connectivity index (χ3n) is 7.21. The summed E-state index contributed by atoms with van der Waals surface area (Å²) in [6.45, 7) is 6.10. The summed E-state index contributed by atoms with van der Waals surface area (Å²) in [6, 6.07) is 13.6. The molecule has 0 bridgehead atoms. The van der Waals surface area contributed by atoms with Gasteiger partial charge in [-0.05, 0) is 75.4 Å². The van der Waals surface area contributed by atoms with Gasteiger partial charge in [-0.15, -0.1) is 0 Å². The molecule has 0 saturated carbocycles. The minimum Gasteiger partial charge on any atom is -0.464 e. The molecule has 0 heterocycles. The number of anilines is 1. The Morgan fingerprint density at radius 1 is 0.786 bits per heavy atom. The summed E-state index contributed by atoms with van der Waals surface area (Å²) in [5, 5.41) is 19.1. The number of ether oxygens (including phenoxy) is 1. The van der Waals surface area contributed by atoms with E-state index in [-0.39, 0.29) is 11.7 Å². The fourth-order valence-electron chi connectivity index (χ4n) is 4.64. The highest BCUT2D eigenvalue weighted by atomic mass is 16.6. The SMILES string of the molecule is CCCCCCCC/C=C\CCCCCCCC(=O)OCCN(CC)c1ccc(N=Nc2ccc([N+](=O)[O-])cc2)cc1. The lowest BCUT2D eigenvalue weighted by molar-refractivity contribution is -0.384. The second-order valence-corrected chi connectivity index (χ2v) is 10.6. The van der Waals surface area contributed by atoms with Crippen LogP contribution in [0, 0.1) is 10.1 Å². The number of carbonyl (C=O) groups excluding carboxylic acids is 1. The van der Waals surface area contributed by atoms with Crippen molar-refractivity contribution in [3.63, 3.8) is 0 Å². The highest BCUT2D eigenvalue weighted by Crippen LogP contribution is 2.23. The van der Waals surface area contributed by atoms with Gasteiger partial charge >= 0.3 is 5.97 Å². The van der Waals surface area contributed by atoms with Crippen LogP contribution >= 0.6 is 0 Å². The van der Waals surface area contributed by atoms with E-state index in [0.717, 1.165) is 25.1 Å². The quantitative estimate of drug-likeness (QED) is 0.0326. The fourth-order valence-corrected chi connectivity index (χ4v) is 4.64. The Morgan fingerprint density at radius 2 is 1.31 bits per heavy atom. The maximum atomic E-state index is 12.2. The molecule has 0 atom stereocenters. The van der Waals surface area contributed by atoms with Gasteiger partial charge in [0.1, 0.15) is 6.61 Å². The maximum Gasteiger partial charge on any atom is 0.305 e. The number of rotatable bonds is 23. The number of hydrogen-bond acceptors (Lipinski definition) is 7. The Bertz CT molecular complexity index is 1070. The monoisotopic (exact) mass is 578 g/mol. The number of esters is 1. The van der Waals surface area contributed by atoms with Crippen molar-refractivity contribution in [1.82, 2.24) is 0 Å². The molecule has 0 radical (unpaired) electrons. The van der Waals surface area contributed by atoms with Crippen molar-refractivity contribution >= 4 is 28.7 Å². The van der Waals surface area contributed by atoms with Crippen LogP contribution in [-0.2, 0) is 9.53 Å². The molecule has 2 aromatic rings. The van der Waals surface area contributed by atoms with Crippen LogP contribution in [0.1, 0.15) is 104 Å². The minimum absolute atomic E-state index is 0.0201. The van der Waals surface area contributed by atoms with Crippen molar-refractivity contribution in [2.45, 2.75) is 104 Å². The van der Waals surface area contributed by atoms with E-state index in [1.165, 1.54) is 82.8 Å². The first kappa shape index (κ1) is 34.7. The molecule has 2 aromatic carbocycles. The molecular weight excluding hydrogens is 528 g/mol. The number of carbonyl (C=O) groups is 1. The Morgan fingerprint density at radius 3 is 1.86 bits per heavy atom. The van der Waals surface area contributed by atoms with E-state index in [2.05, 4.69) is 41.1 Å². The van der Waals surface area contributed by atoms with E-state index >= 15 is 0 Å². The molecule has 0 aliphatic rings. The molecule has 0 aromatic heterocycles. The van der Waals surface area contributed by atoms with E-state index in [9.17, 15) is 14.9 Å². The number of non-ortho nitro benzene ring substituents is 1. The Kier molecular flexibility index (Phi) is 18.2. The first-order valence-corrected chi connectivity index (χ1v) is 15.8. The summed E-state index contributed by atoms with van der Waals surface area (Å²) in [4.78, 5) is 24.6. The molecule has 0 saturated heterocycles. The third kappa shape index (κ3) is 15.5. The van der Waals surface area contributed by atoms with Crippen LogP contribution in [0.15, 0.2) is 70.9 Å². The predicted octanol–water partition coefficient (Wildman–Crippen LogP) is 10.4. The average Bonchev–Trinajstić information content (AvgIpc) is 3.00. The molecule has 0 amide bonds. The van der Waals surface area contributed by atoms with Crippen molar-refractivity contribution in [3.05, 3.63) is 70.8 Å². The number of allylic oxidation sites excluding steroid dienone is 2. The molecule has 42 heavy (non-hydrogen) atoms. The van der Waals surface area contributed by atoms with Crippen LogP contribution < -0.4 is 4.90 Å². The molecule has 8 heteroatoms. The summed E-state index contributed by atoms with van der Waals surface area (Å²) >= 11 is 0. The highest BCUT2D eigenvalue weighted by Gasteiger charge is 2.08. The standard InChI is InChI=1S/C34H50N4O4/c1-3-5-6-7-8-9-10-11-12-13-14-15-16-17-18-19-34(39)42-29-28-37(4-2)32-24-20-30(21-25-32)35-36-31-22-26-33(27-23-31)38(40)41/h11-12,20-27H,3-10,13-19,28-29H2,1-2H3/b12-11-,36-35?. The Labute approximate surface area is 252 Å². The van der Waals surface area contributed by atoms with Crippen molar-refractivity contribution in [2.75, 3.05) is 24.6 Å². The number of nitro benzene ring substituents is 1. The van der Waals surface area contributed by atoms with Gasteiger partial charge in [0.2, 0.25) is 0 Å². The van der Waals surface area contributed by atoms with Crippen LogP contribution in [0.4, 0.5) is 22.7 Å². The maximum absolute atomic E-state index is 12.2. The normalized spacial score (nSPS) is 11.4. The van der Waals surface area contributed by atoms with Crippen LogP contribution in [0.5, 0.6) is 0 Å². The highest BCUT2D eigenvalue weighted by molar-refractivity contribution is 5.69. The summed E-state index contributed by atoms with van der Waals surface area (Å²) < 4.78 is 5.48. The van der Waals surface area contributed by atoms with Gasteiger partial charge in [0.15, 0.2) is 0 Å². The fraction of sp³-hybridized carbons (Fsp3) is 0.559. The van der Waals surface area contributed by atoms with Gasteiger partial charge in [-0.3, -0.25) is 14.9 Å². The molecule has 0 N–H and O–H groups in total. The van der Waals surface area contributed by atoms with E-state index in [0.29, 0.717) is 30.9 Å². The number of likely N-dealkylation sites (N-methyl/N-ethyl adjacent to an activating group) is 1. The lowest BCUT2D eigenvalue weighted by Gasteiger charge is -2.23. The molecule has 0 fully saturated rings. The van der Waals surface area contributed by atoms with Crippen molar-refractivity contribution in [1.29, 1.82) is 0 Å². The van der Waals surface area contributed by atoms with Gasteiger partial charge in [0.25, 0.3) is 5.69 Å². The molecule has 0 aliphatic heterocycles. The van der Waals surface area contributed by atoms with Crippen LogP contribution in [0.25, 0.3) is 0 Å². The Hall–Kier alpha value is -3.55. The molecular formula is C34H50N4O4. The van der Waals surface area contributed by atoms with Gasteiger partial charge in [-0.25, -0.2) is 0 Å². The topological polar surface area (TPSA) is 97.4 Å². The number of benzene rings is 2. The number of azo groups is 1. The largest absolute Gasteiger partial charge is 0.464 e. The predicted molar refractivity (Wildman–Crippen MR) is 172 cm³/mol. The van der Waals surface area contributed by atoms with Crippen LogP contribution in [-0.4, -0.2) is 30.6 Å². The molecule has 230 valence electrons. The third-order valence-corrected chi connectivity index (χ3v) is 7.21. The number of nitrogens with zero attached hydrogens (tertiary/aromatic N) is 4. The summed E-state index contributed by atoms with van der Waals surface area (Å²) in [5.74, 6) is -0.120. The average molecular weight is 579 g/mol. The number of unbranched alkanes of at least 4 members (excludes halogenated alkanes) is 11. The molecule has 0 spiro atoms. The second kappa shape index (κ2) is 22.1. The molecule has 2 rings (SSSR count). The zero-order valence-electron chi connectivity index (χ0n) is 25.7. The van der Waals surface area contributed by atoms with Gasteiger partial charge in [-0.2, -0.15) is 10.2 Å².